The van der Waals surface area contributed by atoms with Crippen molar-refractivity contribution in [2.45, 2.75) is 40.0 Å². The van der Waals surface area contributed by atoms with E-state index in [0.29, 0.717) is 0 Å². The quantitative estimate of drug-likeness (QED) is 0.202. The van der Waals surface area contributed by atoms with Gasteiger partial charge in [0.05, 0.1) is 0 Å². The van der Waals surface area contributed by atoms with Gasteiger partial charge in [-0.2, -0.15) is 0 Å². The van der Waals surface area contributed by atoms with Crippen LogP contribution in [0.25, 0.3) is 11.1 Å². The molecule has 2 nitrogen and oxygen atoms in total. The van der Waals surface area contributed by atoms with Gasteiger partial charge in [-0.05, 0) is 103 Å². The van der Waals surface area contributed by atoms with Gasteiger partial charge in [0.25, 0.3) is 0 Å². The van der Waals surface area contributed by atoms with E-state index in [-0.39, 0.29) is 5.92 Å². The minimum atomic E-state index is 0.282. The zero-order valence-corrected chi connectivity index (χ0v) is 24.0. The first-order valence-electron chi connectivity index (χ1n) is 14.2. The van der Waals surface area contributed by atoms with Crippen LogP contribution in [-0.4, -0.2) is 0 Å². The number of anilines is 4. The van der Waals surface area contributed by atoms with Gasteiger partial charge in [-0.25, -0.2) is 0 Å². The van der Waals surface area contributed by atoms with Crippen molar-refractivity contribution in [2.75, 3.05) is 9.80 Å². The van der Waals surface area contributed by atoms with Gasteiger partial charge in [0, 0.05) is 40.1 Å². The second-order valence-electron chi connectivity index (χ2n) is 10.2. The van der Waals surface area contributed by atoms with Crippen molar-refractivity contribution < 1.29 is 0 Å². The van der Waals surface area contributed by atoms with Crippen LogP contribution in [0.2, 0.25) is 0 Å². The lowest BCUT2D eigenvalue weighted by molar-refractivity contribution is 0.953. The predicted octanol–water partition coefficient (Wildman–Crippen LogP) is 11.1. The van der Waals surface area contributed by atoms with Crippen LogP contribution in [-0.2, 0) is 0 Å². The van der Waals surface area contributed by atoms with Crippen molar-refractivity contribution in [3.63, 3.8) is 0 Å². The van der Waals surface area contributed by atoms with Gasteiger partial charge < -0.3 is 9.80 Å². The molecule has 0 aliphatic heterocycles. The minimum Gasteiger partial charge on any atom is -0.315 e. The monoisotopic (exact) mass is 522 g/mol. The van der Waals surface area contributed by atoms with Crippen molar-refractivity contribution in [2.24, 2.45) is 0 Å². The fourth-order valence-corrected chi connectivity index (χ4v) is 5.69. The van der Waals surface area contributed by atoms with Gasteiger partial charge in [-0.1, -0.05) is 87.2 Å². The Morgan fingerprint density at radius 3 is 1.77 bits per heavy atom. The molecule has 0 aromatic heterocycles. The van der Waals surface area contributed by atoms with Crippen molar-refractivity contribution in [3.05, 3.63) is 157 Å². The number of para-hydroxylation sites is 2. The number of fused-ring (bicyclic) bond motifs is 3. The molecular formula is C38H38N2. The molecule has 2 heteroatoms. The van der Waals surface area contributed by atoms with Crippen LogP contribution in [0.4, 0.5) is 22.7 Å². The third kappa shape index (κ3) is 5.18. The van der Waals surface area contributed by atoms with E-state index in [2.05, 4.69) is 165 Å². The molecule has 0 bridgehead atoms. The van der Waals surface area contributed by atoms with E-state index in [0.717, 1.165) is 29.2 Å². The Morgan fingerprint density at radius 1 is 0.750 bits per heavy atom. The third-order valence-electron chi connectivity index (χ3n) is 7.63. The highest BCUT2D eigenvalue weighted by molar-refractivity contribution is 5.85. The number of rotatable bonds is 9. The molecule has 4 aromatic carbocycles. The molecule has 0 amide bonds. The molecule has 0 saturated carbocycles. The minimum absolute atomic E-state index is 0.282. The average molecular weight is 523 g/mol. The molecule has 0 N–H and O–H groups in total. The van der Waals surface area contributed by atoms with Crippen LogP contribution >= 0.6 is 0 Å². The Balaban J connectivity index is 1.58. The third-order valence-corrected chi connectivity index (χ3v) is 7.63. The molecule has 1 unspecified atom stereocenters. The molecule has 0 saturated heterocycles. The number of nitrogens with zero attached hydrogens (tertiary/aromatic N) is 2. The molecule has 0 radical (unpaired) electrons. The maximum Gasteiger partial charge on any atom is 0.0464 e. The van der Waals surface area contributed by atoms with Gasteiger partial charge in [0.15, 0.2) is 0 Å². The van der Waals surface area contributed by atoms with E-state index in [4.69, 9.17) is 0 Å². The van der Waals surface area contributed by atoms with Crippen molar-refractivity contribution in [3.8, 4) is 11.1 Å². The van der Waals surface area contributed by atoms with Crippen LogP contribution in [0.5, 0.6) is 0 Å². The summed E-state index contributed by atoms with van der Waals surface area (Å²) in [4.78, 5) is 4.66. The summed E-state index contributed by atoms with van der Waals surface area (Å²) in [6.45, 7) is 12.7. The van der Waals surface area contributed by atoms with Crippen LogP contribution in [0.15, 0.2) is 145 Å². The Hall–Kier alpha value is -4.56. The summed E-state index contributed by atoms with van der Waals surface area (Å²) in [6, 6.07) is 35.0. The maximum absolute atomic E-state index is 3.93. The van der Waals surface area contributed by atoms with Gasteiger partial charge in [-0.15, -0.1) is 0 Å². The van der Waals surface area contributed by atoms with Crippen molar-refractivity contribution >= 4 is 22.7 Å². The van der Waals surface area contributed by atoms with E-state index in [9.17, 15) is 0 Å². The number of hydrogen-bond acceptors (Lipinski definition) is 2. The Morgan fingerprint density at radius 2 is 1.27 bits per heavy atom. The van der Waals surface area contributed by atoms with Crippen LogP contribution in [0, 0.1) is 0 Å². The molecule has 5 rings (SSSR count). The van der Waals surface area contributed by atoms with Gasteiger partial charge in [0.1, 0.15) is 0 Å². The SMILES string of the molecule is C=C/C=C(\C)N(c1ccccc1)c1ccc2c(c1)C(C)c1cc(N(C(/C=C\CC)=C/C)c3ccccc3)ccc1-2. The Labute approximate surface area is 239 Å². The van der Waals surface area contributed by atoms with Crippen molar-refractivity contribution in [1.82, 2.24) is 0 Å². The largest absolute Gasteiger partial charge is 0.315 e. The van der Waals surface area contributed by atoms with E-state index in [1.54, 1.807) is 0 Å². The lowest BCUT2D eigenvalue weighted by Crippen LogP contribution is -2.15. The molecular weight excluding hydrogens is 484 g/mol. The Kier molecular flexibility index (Phi) is 8.17. The van der Waals surface area contributed by atoms with Crippen LogP contribution in [0.1, 0.15) is 51.2 Å². The van der Waals surface area contributed by atoms with Gasteiger partial charge in [0.2, 0.25) is 0 Å². The zero-order valence-electron chi connectivity index (χ0n) is 24.0. The molecule has 0 heterocycles. The van der Waals surface area contributed by atoms with E-state index < -0.39 is 0 Å². The lowest BCUT2D eigenvalue weighted by atomic mass is 9.98. The standard InChI is InChI=1S/C38H38N2/c1-6-9-17-30(8-3)40(32-20-14-11-15-21-32)34-23-25-36-35-24-22-33(26-37(35)29(5)38(36)27-34)39(28(4)16-7-2)31-18-12-10-13-19-31/h7-27,29H,2,6H2,1,3-5H3/b17-9-,28-16+,30-8+. The van der Waals surface area contributed by atoms with E-state index in [1.165, 1.54) is 33.6 Å². The molecule has 0 fully saturated rings. The summed E-state index contributed by atoms with van der Waals surface area (Å²) in [5, 5.41) is 0. The van der Waals surface area contributed by atoms with E-state index >= 15 is 0 Å². The van der Waals surface area contributed by atoms with Gasteiger partial charge in [-0.3, -0.25) is 0 Å². The van der Waals surface area contributed by atoms with E-state index in [1.807, 2.05) is 6.08 Å². The highest BCUT2D eigenvalue weighted by Gasteiger charge is 2.28. The fourth-order valence-electron chi connectivity index (χ4n) is 5.69. The fraction of sp³-hybridized carbons (Fsp3) is 0.158. The maximum atomic E-state index is 3.93. The number of allylic oxidation sites excluding steroid dienone is 6. The average Bonchev–Trinajstić information content (AvgIpc) is 3.27. The first kappa shape index (κ1) is 27.0. The second-order valence-corrected chi connectivity index (χ2v) is 10.2. The lowest BCUT2D eigenvalue weighted by Gasteiger charge is -2.27. The predicted molar refractivity (Wildman–Crippen MR) is 174 cm³/mol. The summed E-state index contributed by atoms with van der Waals surface area (Å²) in [5.74, 6) is 0.282. The highest BCUT2D eigenvalue weighted by atomic mass is 15.2. The first-order chi connectivity index (χ1) is 19.6. The molecule has 0 spiro atoms. The smallest absolute Gasteiger partial charge is 0.0464 e. The number of benzene rings is 4. The molecule has 40 heavy (non-hydrogen) atoms. The highest BCUT2D eigenvalue weighted by Crippen LogP contribution is 2.48. The molecule has 1 atom stereocenters. The molecule has 200 valence electrons. The van der Waals surface area contributed by atoms with Crippen LogP contribution < -0.4 is 9.80 Å². The second kappa shape index (κ2) is 12.1. The normalized spacial score (nSPS) is 14.7. The summed E-state index contributed by atoms with van der Waals surface area (Å²) in [6.07, 6.45) is 11.6. The zero-order chi connectivity index (χ0) is 28.1. The summed E-state index contributed by atoms with van der Waals surface area (Å²) in [7, 11) is 0. The number of hydrogen-bond donors (Lipinski definition) is 0. The summed E-state index contributed by atoms with van der Waals surface area (Å²) >= 11 is 0. The topological polar surface area (TPSA) is 6.48 Å². The summed E-state index contributed by atoms with van der Waals surface area (Å²) < 4.78 is 0. The summed E-state index contributed by atoms with van der Waals surface area (Å²) in [5.41, 5.74) is 12.3. The Bertz CT molecular complexity index is 1570. The van der Waals surface area contributed by atoms with Crippen molar-refractivity contribution in [1.29, 1.82) is 0 Å². The molecule has 4 aromatic rings. The van der Waals surface area contributed by atoms with Gasteiger partial charge >= 0.3 is 0 Å². The molecule has 1 aliphatic rings. The molecule has 1 aliphatic carbocycles. The van der Waals surface area contributed by atoms with Crippen LogP contribution in [0.3, 0.4) is 0 Å². The first-order valence-corrected chi connectivity index (χ1v) is 14.2.